The van der Waals surface area contributed by atoms with E-state index in [4.69, 9.17) is 11.6 Å². The van der Waals surface area contributed by atoms with Crippen LogP contribution in [-0.2, 0) is 19.1 Å². The summed E-state index contributed by atoms with van der Waals surface area (Å²) in [7, 11) is 0. The Kier molecular flexibility index (Phi) is 4.06. The third-order valence-electron chi connectivity index (χ3n) is 2.16. The number of hydrogen-bond acceptors (Lipinski definition) is 4. The van der Waals surface area contributed by atoms with Crippen LogP contribution >= 0.6 is 11.6 Å². The van der Waals surface area contributed by atoms with Crippen molar-refractivity contribution in [2.45, 2.75) is 37.1 Å². The van der Waals surface area contributed by atoms with Crippen LogP contribution < -0.4 is 0 Å². The maximum atomic E-state index is 12.4. The van der Waals surface area contributed by atoms with Crippen LogP contribution in [0.25, 0.3) is 0 Å². The first kappa shape index (κ1) is 16.0. The monoisotopic (exact) mass is 314 g/mol. The second-order valence-corrected chi connectivity index (χ2v) is 3.96. The standard InChI is InChI=1S/C8H5ClF6O4/c9-4(16)2-1-3-5(17)19-6(18-3,7(10,11)12)8(13,14)15/h3H,1-2H2. The minimum absolute atomic E-state index is 0.632. The van der Waals surface area contributed by atoms with Crippen LogP contribution in [0.5, 0.6) is 0 Å². The third-order valence-corrected chi connectivity index (χ3v) is 2.35. The van der Waals surface area contributed by atoms with Gasteiger partial charge in [0.05, 0.1) is 0 Å². The Balaban J connectivity index is 3.00. The van der Waals surface area contributed by atoms with Crippen LogP contribution in [-0.4, -0.2) is 35.5 Å². The molecule has 0 N–H and O–H groups in total. The minimum atomic E-state index is -6.00. The average molecular weight is 315 g/mol. The lowest BCUT2D eigenvalue weighted by Crippen LogP contribution is -2.58. The summed E-state index contributed by atoms with van der Waals surface area (Å²) in [6.45, 7) is 0. The molecule has 110 valence electrons. The van der Waals surface area contributed by atoms with E-state index in [1.807, 2.05) is 0 Å². The zero-order chi connectivity index (χ0) is 15.1. The van der Waals surface area contributed by atoms with Crippen molar-refractivity contribution in [2.75, 3.05) is 0 Å². The Morgan fingerprint density at radius 3 is 2.00 bits per heavy atom. The summed E-state index contributed by atoms with van der Waals surface area (Å²) in [5.41, 5.74) is 0. The lowest BCUT2D eigenvalue weighted by molar-refractivity contribution is -0.439. The van der Waals surface area contributed by atoms with E-state index in [1.165, 1.54) is 0 Å². The Labute approximate surface area is 106 Å². The molecule has 0 aromatic heterocycles. The molecule has 1 atom stereocenters. The van der Waals surface area contributed by atoms with Gasteiger partial charge in [-0.25, -0.2) is 4.79 Å². The number of carbonyl (C=O) groups is 2. The number of halogens is 7. The predicted molar refractivity (Wildman–Crippen MR) is 45.9 cm³/mol. The van der Waals surface area contributed by atoms with Gasteiger partial charge in [0, 0.05) is 6.42 Å². The fourth-order valence-electron chi connectivity index (χ4n) is 1.31. The van der Waals surface area contributed by atoms with Crippen molar-refractivity contribution >= 4 is 22.8 Å². The normalized spacial score (nSPS) is 23.3. The third kappa shape index (κ3) is 2.94. The van der Waals surface area contributed by atoms with Gasteiger partial charge < -0.3 is 9.47 Å². The topological polar surface area (TPSA) is 52.6 Å². The van der Waals surface area contributed by atoms with E-state index in [1.54, 1.807) is 0 Å². The Bertz CT molecular complexity index is 376. The molecule has 4 nitrogen and oxygen atoms in total. The maximum absolute atomic E-state index is 12.4. The number of cyclic esters (lactones) is 1. The molecule has 11 heteroatoms. The first-order valence-electron chi connectivity index (χ1n) is 4.63. The van der Waals surface area contributed by atoms with Crippen molar-refractivity contribution in [1.82, 2.24) is 0 Å². The van der Waals surface area contributed by atoms with Gasteiger partial charge in [0.25, 0.3) is 0 Å². The summed E-state index contributed by atoms with van der Waals surface area (Å²) >= 11 is 4.86. The Hall–Kier alpha value is -1.03. The van der Waals surface area contributed by atoms with Crippen LogP contribution in [0.3, 0.4) is 0 Å². The largest absolute Gasteiger partial charge is 0.465 e. The van der Waals surface area contributed by atoms with Crippen molar-refractivity contribution in [1.29, 1.82) is 0 Å². The molecule has 1 rings (SSSR count). The van der Waals surface area contributed by atoms with Crippen molar-refractivity contribution in [3.05, 3.63) is 0 Å². The molecule has 1 unspecified atom stereocenters. The Morgan fingerprint density at radius 1 is 1.21 bits per heavy atom. The lowest BCUT2D eigenvalue weighted by atomic mass is 10.2. The summed E-state index contributed by atoms with van der Waals surface area (Å²) in [4.78, 5) is 21.4. The van der Waals surface area contributed by atoms with Gasteiger partial charge >= 0.3 is 24.1 Å². The SMILES string of the molecule is O=C(Cl)CCC1OC(C(F)(F)F)(C(F)(F)F)OC1=O. The minimum Gasteiger partial charge on any atom is -0.414 e. The number of hydrogen-bond donors (Lipinski definition) is 0. The molecule has 0 aromatic carbocycles. The predicted octanol–water partition coefficient (Wildman–Crippen LogP) is 2.29. The van der Waals surface area contributed by atoms with E-state index in [0.717, 1.165) is 0 Å². The van der Waals surface area contributed by atoms with Crippen molar-refractivity contribution in [2.24, 2.45) is 0 Å². The molecule has 1 aliphatic rings. The van der Waals surface area contributed by atoms with Crippen molar-refractivity contribution < 1.29 is 45.4 Å². The second-order valence-electron chi connectivity index (χ2n) is 3.53. The quantitative estimate of drug-likeness (QED) is 0.456. The van der Waals surface area contributed by atoms with Crippen LogP contribution in [0.2, 0.25) is 0 Å². The highest BCUT2D eigenvalue weighted by atomic mass is 35.5. The zero-order valence-corrected chi connectivity index (χ0v) is 9.53. The van der Waals surface area contributed by atoms with Crippen molar-refractivity contribution in [3.8, 4) is 0 Å². The number of carbonyl (C=O) groups excluding carboxylic acids is 2. The van der Waals surface area contributed by atoms with E-state index in [0.29, 0.717) is 0 Å². The highest BCUT2D eigenvalue weighted by molar-refractivity contribution is 6.63. The van der Waals surface area contributed by atoms with Crippen LogP contribution in [0.1, 0.15) is 12.8 Å². The van der Waals surface area contributed by atoms with Crippen LogP contribution in [0.15, 0.2) is 0 Å². The number of alkyl halides is 6. The number of rotatable bonds is 3. The molecule has 1 fully saturated rings. The molecule has 0 amide bonds. The van der Waals surface area contributed by atoms with Gasteiger partial charge in [-0.3, -0.25) is 4.79 Å². The van der Waals surface area contributed by atoms with Gasteiger partial charge in [-0.15, -0.1) is 0 Å². The summed E-state index contributed by atoms with van der Waals surface area (Å²) in [5, 5.41) is -1.03. The van der Waals surface area contributed by atoms with Crippen molar-refractivity contribution in [3.63, 3.8) is 0 Å². The molecule has 0 aromatic rings. The van der Waals surface area contributed by atoms with Gasteiger partial charge in [-0.1, -0.05) is 0 Å². The molecular weight excluding hydrogens is 310 g/mol. The van der Waals surface area contributed by atoms with Gasteiger partial charge in [-0.05, 0) is 18.0 Å². The Morgan fingerprint density at radius 2 is 1.68 bits per heavy atom. The highest BCUT2D eigenvalue weighted by Crippen LogP contribution is 2.50. The number of ether oxygens (including phenoxy) is 2. The second kappa shape index (κ2) is 4.82. The van der Waals surface area contributed by atoms with E-state index in [-0.39, 0.29) is 0 Å². The first-order chi connectivity index (χ1) is 8.41. The smallest absolute Gasteiger partial charge is 0.414 e. The van der Waals surface area contributed by atoms with Gasteiger partial charge in [-0.2, -0.15) is 26.3 Å². The summed E-state index contributed by atoms with van der Waals surface area (Å²) in [6, 6.07) is 0. The molecule has 0 saturated carbocycles. The average Bonchev–Trinajstić information content (AvgIpc) is 2.52. The van der Waals surface area contributed by atoms with E-state index >= 15 is 0 Å². The molecule has 1 aliphatic heterocycles. The fraction of sp³-hybridized carbons (Fsp3) is 0.750. The fourth-order valence-corrected chi connectivity index (χ4v) is 1.42. The molecular formula is C8H5ClF6O4. The molecule has 0 aliphatic carbocycles. The van der Waals surface area contributed by atoms with E-state index in [9.17, 15) is 35.9 Å². The highest BCUT2D eigenvalue weighted by Gasteiger charge is 2.80. The van der Waals surface area contributed by atoms with Crippen LogP contribution in [0.4, 0.5) is 26.3 Å². The molecule has 1 saturated heterocycles. The molecule has 19 heavy (non-hydrogen) atoms. The summed E-state index contributed by atoms with van der Waals surface area (Å²) in [6.07, 6.45) is -15.5. The lowest BCUT2D eigenvalue weighted by Gasteiger charge is -2.30. The summed E-state index contributed by atoms with van der Waals surface area (Å²) < 4.78 is 81.7. The molecule has 0 bridgehead atoms. The van der Waals surface area contributed by atoms with Crippen LogP contribution in [0, 0.1) is 0 Å². The van der Waals surface area contributed by atoms with Gasteiger partial charge in [0.1, 0.15) is 0 Å². The first-order valence-corrected chi connectivity index (χ1v) is 5.01. The maximum Gasteiger partial charge on any atom is 0.465 e. The summed E-state index contributed by atoms with van der Waals surface area (Å²) in [5.74, 6) is -6.86. The van der Waals surface area contributed by atoms with E-state index in [2.05, 4.69) is 9.47 Å². The molecule has 0 radical (unpaired) electrons. The zero-order valence-electron chi connectivity index (χ0n) is 8.77. The number of esters is 1. The molecule has 0 spiro atoms. The van der Waals surface area contributed by atoms with E-state index < -0.39 is 48.3 Å². The molecule has 1 heterocycles. The van der Waals surface area contributed by atoms with Gasteiger partial charge in [0.15, 0.2) is 6.10 Å². The van der Waals surface area contributed by atoms with Gasteiger partial charge in [0.2, 0.25) is 5.24 Å².